The van der Waals surface area contributed by atoms with Crippen LogP contribution in [0.15, 0.2) is 90.0 Å². The second-order valence-electron chi connectivity index (χ2n) is 7.19. The van der Waals surface area contributed by atoms with Gasteiger partial charge in [-0.25, -0.2) is 9.78 Å². The van der Waals surface area contributed by atoms with E-state index in [-0.39, 0.29) is 5.56 Å². The van der Waals surface area contributed by atoms with Crippen LogP contribution in [0.3, 0.4) is 0 Å². The first kappa shape index (κ1) is 22.1. The van der Waals surface area contributed by atoms with Crippen LogP contribution in [0.2, 0.25) is 0 Å². The third-order valence-electron chi connectivity index (χ3n) is 5.18. The Balaban J connectivity index is 1.81. The van der Waals surface area contributed by atoms with Crippen LogP contribution >= 0.6 is 11.8 Å². The maximum Gasteiger partial charge on any atom is 0.335 e. The number of hydrogen-bond donors (Lipinski definition) is 1. The molecule has 1 heterocycles. The standard InChI is InChI=1S/C27H20N2O3S/c1-32-21-13-11-18(12-14-21)23-15-25(19-7-3-2-4-8-19)29-26(24(23)16-28)33-17-20-9-5-6-10-22(20)27(30)31/h2-15H,17H2,1H3,(H,30,31). The maximum absolute atomic E-state index is 11.6. The van der Waals surface area contributed by atoms with Crippen molar-refractivity contribution in [2.45, 2.75) is 10.8 Å². The molecule has 162 valence electrons. The number of thioether (sulfide) groups is 1. The van der Waals surface area contributed by atoms with Gasteiger partial charge in [0.15, 0.2) is 0 Å². The Kier molecular flexibility index (Phi) is 6.72. The molecule has 4 aromatic rings. The molecule has 4 rings (SSSR count). The van der Waals surface area contributed by atoms with Crippen molar-refractivity contribution < 1.29 is 14.6 Å². The molecule has 1 N–H and O–H groups in total. The highest BCUT2D eigenvalue weighted by Crippen LogP contribution is 2.36. The molecule has 0 amide bonds. The largest absolute Gasteiger partial charge is 0.497 e. The molecule has 0 spiro atoms. The molecule has 0 atom stereocenters. The molecule has 0 unspecified atom stereocenters. The Labute approximate surface area is 196 Å². The van der Waals surface area contributed by atoms with Gasteiger partial charge >= 0.3 is 5.97 Å². The summed E-state index contributed by atoms with van der Waals surface area (Å²) >= 11 is 1.36. The minimum Gasteiger partial charge on any atom is -0.497 e. The number of benzene rings is 3. The Bertz CT molecular complexity index is 1330. The van der Waals surface area contributed by atoms with Gasteiger partial charge in [0, 0.05) is 16.9 Å². The highest BCUT2D eigenvalue weighted by molar-refractivity contribution is 7.98. The molecule has 0 bridgehead atoms. The van der Waals surface area contributed by atoms with Gasteiger partial charge in [-0.1, -0.05) is 60.7 Å². The first-order valence-corrected chi connectivity index (χ1v) is 11.2. The molecule has 0 aliphatic rings. The number of methoxy groups -OCH3 is 1. The van der Waals surface area contributed by atoms with Gasteiger partial charge < -0.3 is 9.84 Å². The van der Waals surface area contributed by atoms with Gasteiger partial charge in [-0.15, -0.1) is 11.8 Å². The van der Waals surface area contributed by atoms with Crippen molar-refractivity contribution in [3.8, 4) is 34.2 Å². The van der Waals surface area contributed by atoms with Crippen LogP contribution in [-0.2, 0) is 5.75 Å². The van der Waals surface area contributed by atoms with Crippen molar-refractivity contribution in [2.24, 2.45) is 0 Å². The summed E-state index contributed by atoms with van der Waals surface area (Å²) in [5, 5.41) is 20.1. The van der Waals surface area contributed by atoms with E-state index >= 15 is 0 Å². The second kappa shape index (κ2) is 10.0. The lowest BCUT2D eigenvalue weighted by molar-refractivity contribution is 0.0696. The first-order valence-electron chi connectivity index (χ1n) is 10.2. The lowest BCUT2D eigenvalue weighted by Crippen LogP contribution is -2.02. The zero-order valence-electron chi connectivity index (χ0n) is 17.9. The van der Waals surface area contributed by atoms with E-state index in [0.29, 0.717) is 21.9 Å². The number of carboxylic acids is 1. The van der Waals surface area contributed by atoms with Gasteiger partial charge in [-0.05, 0) is 35.4 Å². The van der Waals surface area contributed by atoms with Crippen molar-refractivity contribution in [1.29, 1.82) is 5.26 Å². The van der Waals surface area contributed by atoms with E-state index in [2.05, 4.69) is 6.07 Å². The topological polar surface area (TPSA) is 83.2 Å². The van der Waals surface area contributed by atoms with E-state index in [1.807, 2.05) is 66.7 Å². The SMILES string of the molecule is COc1ccc(-c2cc(-c3ccccc3)nc(SCc3ccccc3C(=O)O)c2C#N)cc1. The summed E-state index contributed by atoms with van der Waals surface area (Å²) in [7, 11) is 1.61. The number of ether oxygens (including phenoxy) is 1. The Morgan fingerprint density at radius 1 is 1.00 bits per heavy atom. The molecule has 0 aliphatic carbocycles. The summed E-state index contributed by atoms with van der Waals surface area (Å²) in [4.78, 5) is 16.4. The highest BCUT2D eigenvalue weighted by atomic mass is 32.2. The number of hydrogen-bond acceptors (Lipinski definition) is 5. The van der Waals surface area contributed by atoms with Crippen LogP contribution in [0.5, 0.6) is 5.75 Å². The van der Waals surface area contributed by atoms with E-state index in [4.69, 9.17) is 9.72 Å². The van der Waals surface area contributed by atoms with Crippen LogP contribution in [0.4, 0.5) is 0 Å². The highest BCUT2D eigenvalue weighted by Gasteiger charge is 2.17. The van der Waals surface area contributed by atoms with E-state index in [0.717, 1.165) is 28.1 Å². The average Bonchev–Trinajstić information content (AvgIpc) is 2.87. The summed E-state index contributed by atoms with van der Waals surface area (Å²) in [5.41, 5.74) is 4.70. The van der Waals surface area contributed by atoms with Gasteiger partial charge in [0.05, 0.1) is 23.9 Å². The summed E-state index contributed by atoms with van der Waals surface area (Å²) in [5.74, 6) is 0.135. The Morgan fingerprint density at radius 3 is 2.36 bits per heavy atom. The van der Waals surface area contributed by atoms with Crippen molar-refractivity contribution in [3.63, 3.8) is 0 Å². The maximum atomic E-state index is 11.6. The quantitative estimate of drug-likeness (QED) is 0.332. The Morgan fingerprint density at radius 2 is 1.70 bits per heavy atom. The molecule has 1 aromatic heterocycles. The monoisotopic (exact) mass is 452 g/mol. The molecule has 3 aromatic carbocycles. The smallest absolute Gasteiger partial charge is 0.335 e. The van der Waals surface area contributed by atoms with E-state index in [9.17, 15) is 15.2 Å². The number of carbonyl (C=O) groups is 1. The molecule has 0 saturated carbocycles. The van der Waals surface area contributed by atoms with Crippen LogP contribution in [0, 0.1) is 11.3 Å². The van der Waals surface area contributed by atoms with Crippen LogP contribution < -0.4 is 4.74 Å². The van der Waals surface area contributed by atoms with Gasteiger partial charge in [0.2, 0.25) is 0 Å². The predicted molar refractivity (Wildman–Crippen MR) is 129 cm³/mol. The number of aromatic carboxylic acids is 1. The molecule has 5 nitrogen and oxygen atoms in total. The first-order chi connectivity index (χ1) is 16.1. The fourth-order valence-corrected chi connectivity index (χ4v) is 4.50. The van der Waals surface area contributed by atoms with Crippen LogP contribution in [-0.4, -0.2) is 23.2 Å². The van der Waals surface area contributed by atoms with Crippen molar-refractivity contribution in [1.82, 2.24) is 4.98 Å². The van der Waals surface area contributed by atoms with E-state index < -0.39 is 5.97 Å². The van der Waals surface area contributed by atoms with Gasteiger partial charge in [-0.2, -0.15) is 5.26 Å². The minimum absolute atomic E-state index is 0.248. The number of carboxylic acid groups (broad SMARTS) is 1. The summed E-state index contributed by atoms with van der Waals surface area (Å²) in [6.07, 6.45) is 0. The third-order valence-corrected chi connectivity index (χ3v) is 6.20. The molecular formula is C27H20N2O3S. The molecular weight excluding hydrogens is 432 g/mol. The van der Waals surface area contributed by atoms with E-state index in [1.54, 1.807) is 25.3 Å². The predicted octanol–water partition coefficient (Wildman–Crippen LogP) is 6.29. The lowest BCUT2D eigenvalue weighted by Gasteiger charge is -2.13. The molecule has 0 fully saturated rings. The molecule has 6 heteroatoms. The lowest BCUT2D eigenvalue weighted by atomic mass is 9.99. The number of aromatic nitrogens is 1. The molecule has 0 aliphatic heterocycles. The number of nitriles is 1. The summed E-state index contributed by atoms with van der Waals surface area (Å²) in [6.45, 7) is 0. The second-order valence-corrected chi connectivity index (χ2v) is 8.16. The average molecular weight is 453 g/mol. The fraction of sp³-hybridized carbons (Fsp3) is 0.0741. The molecule has 0 saturated heterocycles. The van der Waals surface area contributed by atoms with Gasteiger partial charge in [0.25, 0.3) is 0 Å². The zero-order valence-corrected chi connectivity index (χ0v) is 18.7. The van der Waals surface area contributed by atoms with Crippen molar-refractivity contribution in [2.75, 3.05) is 7.11 Å². The van der Waals surface area contributed by atoms with Crippen LogP contribution in [0.1, 0.15) is 21.5 Å². The summed E-state index contributed by atoms with van der Waals surface area (Å²) in [6, 6.07) is 28.4. The third kappa shape index (κ3) is 4.89. The van der Waals surface area contributed by atoms with Crippen molar-refractivity contribution in [3.05, 3.63) is 102 Å². The number of nitrogens with zero attached hydrogens (tertiary/aromatic N) is 2. The van der Waals surface area contributed by atoms with Gasteiger partial charge in [-0.3, -0.25) is 0 Å². The fourth-order valence-electron chi connectivity index (χ4n) is 3.49. The Hall–Kier alpha value is -4.08. The van der Waals surface area contributed by atoms with E-state index in [1.165, 1.54) is 11.8 Å². The summed E-state index contributed by atoms with van der Waals surface area (Å²) < 4.78 is 5.27. The van der Waals surface area contributed by atoms with Gasteiger partial charge in [0.1, 0.15) is 16.8 Å². The normalized spacial score (nSPS) is 10.4. The molecule has 33 heavy (non-hydrogen) atoms. The minimum atomic E-state index is -0.975. The number of pyridine rings is 1. The van der Waals surface area contributed by atoms with Crippen LogP contribution in [0.25, 0.3) is 22.4 Å². The number of rotatable bonds is 7. The van der Waals surface area contributed by atoms with Crippen molar-refractivity contribution >= 4 is 17.7 Å². The molecule has 0 radical (unpaired) electrons. The zero-order chi connectivity index (χ0) is 23.2.